The average Bonchev–Trinajstić information content (AvgIpc) is 3.26. The van der Waals surface area contributed by atoms with E-state index in [0.29, 0.717) is 11.9 Å². The van der Waals surface area contributed by atoms with Crippen LogP contribution in [0.2, 0.25) is 0 Å². The second-order valence-electron chi connectivity index (χ2n) is 9.32. The van der Waals surface area contributed by atoms with E-state index >= 15 is 0 Å². The van der Waals surface area contributed by atoms with Crippen molar-refractivity contribution in [1.29, 1.82) is 0 Å². The van der Waals surface area contributed by atoms with Crippen molar-refractivity contribution in [3.05, 3.63) is 24.2 Å². The average molecular weight is 483 g/mol. The molecule has 2 aromatic rings. The summed E-state index contributed by atoms with van der Waals surface area (Å²) in [4.78, 5) is 10.5. The molecule has 1 saturated heterocycles. The van der Waals surface area contributed by atoms with E-state index in [-0.39, 0.29) is 29.0 Å². The maximum absolute atomic E-state index is 14.0. The van der Waals surface area contributed by atoms with E-state index in [9.17, 15) is 12.8 Å². The lowest BCUT2D eigenvalue weighted by atomic mass is 9.94. The number of piperidine rings is 1. The smallest absolute Gasteiger partial charge is 0.324 e. The fourth-order valence-electron chi connectivity index (χ4n) is 4.15. The Morgan fingerprint density at radius 3 is 2.24 bits per heavy atom. The summed E-state index contributed by atoms with van der Waals surface area (Å²) in [7, 11) is -3.26. The van der Waals surface area contributed by atoms with E-state index in [1.807, 2.05) is 4.90 Å². The Morgan fingerprint density at radius 2 is 1.70 bits per heavy atom. The van der Waals surface area contributed by atoms with Gasteiger partial charge in [0.15, 0.2) is 15.5 Å². The van der Waals surface area contributed by atoms with Crippen molar-refractivity contribution in [2.45, 2.75) is 81.2 Å². The Hall–Kier alpha value is -2.27. The van der Waals surface area contributed by atoms with Crippen LogP contribution in [0.1, 0.15) is 58.2 Å². The number of alkyl halides is 1. The number of pyridine rings is 1. The number of halogens is 1. The molecule has 2 aromatic heterocycles. The van der Waals surface area contributed by atoms with Gasteiger partial charge in [0.2, 0.25) is 11.7 Å². The van der Waals surface area contributed by atoms with E-state index in [1.165, 1.54) is 26.1 Å². The van der Waals surface area contributed by atoms with E-state index < -0.39 is 15.5 Å². The van der Waals surface area contributed by atoms with Crippen molar-refractivity contribution in [1.82, 2.24) is 15.1 Å². The van der Waals surface area contributed by atoms with Crippen LogP contribution in [-0.2, 0) is 20.2 Å². The Balaban J connectivity index is 1.19. The molecule has 3 heterocycles. The fourth-order valence-corrected chi connectivity index (χ4v) is 4.71. The first-order chi connectivity index (χ1) is 15.6. The molecule has 1 saturated carbocycles. The molecule has 182 valence electrons. The molecular weight excluding hydrogens is 451 g/mol. The van der Waals surface area contributed by atoms with Gasteiger partial charge in [-0.25, -0.2) is 17.8 Å². The summed E-state index contributed by atoms with van der Waals surface area (Å²) < 4.78 is 54.6. The Bertz CT molecular complexity index is 1020. The van der Waals surface area contributed by atoms with Crippen molar-refractivity contribution < 1.29 is 26.8 Å². The number of sulfone groups is 1. The monoisotopic (exact) mass is 482 g/mol. The number of nitrogens with zero attached hydrogens (tertiary/aromatic N) is 4. The van der Waals surface area contributed by atoms with E-state index in [1.54, 1.807) is 6.07 Å². The van der Waals surface area contributed by atoms with Crippen molar-refractivity contribution in [3.8, 4) is 5.88 Å². The zero-order valence-corrected chi connectivity index (χ0v) is 20.1. The van der Waals surface area contributed by atoms with Crippen molar-refractivity contribution in [2.75, 3.05) is 24.2 Å². The molecule has 2 fully saturated rings. The molecule has 0 spiro atoms. The first-order valence-corrected chi connectivity index (χ1v) is 13.2. The van der Waals surface area contributed by atoms with Gasteiger partial charge >= 0.3 is 6.01 Å². The maximum atomic E-state index is 14.0. The number of rotatable bonds is 7. The molecule has 0 bridgehead atoms. The summed E-state index contributed by atoms with van der Waals surface area (Å²) in [5.74, 6) is 0.510. The zero-order valence-electron chi connectivity index (χ0n) is 19.2. The summed E-state index contributed by atoms with van der Waals surface area (Å²) in [6.45, 7) is 4.28. The number of aromatic nitrogens is 3. The minimum atomic E-state index is -3.26. The van der Waals surface area contributed by atoms with Crippen LogP contribution in [0.4, 0.5) is 10.4 Å². The molecule has 0 N–H and O–H groups in total. The van der Waals surface area contributed by atoms with E-state index in [0.717, 1.165) is 57.9 Å². The first kappa shape index (κ1) is 23.9. The van der Waals surface area contributed by atoms with Gasteiger partial charge in [0, 0.05) is 31.6 Å². The summed E-state index contributed by atoms with van der Waals surface area (Å²) >= 11 is 0. The van der Waals surface area contributed by atoms with Crippen LogP contribution in [0, 0.1) is 0 Å². The number of hydrogen-bond acceptors (Lipinski definition) is 9. The highest BCUT2D eigenvalue weighted by Crippen LogP contribution is 2.29. The molecular formula is C22H31FN4O5S. The third-order valence-corrected chi connectivity index (χ3v) is 7.19. The molecule has 0 amide bonds. The van der Waals surface area contributed by atoms with Crippen LogP contribution in [0.25, 0.3) is 0 Å². The highest BCUT2D eigenvalue weighted by Gasteiger charge is 2.31. The summed E-state index contributed by atoms with van der Waals surface area (Å²) in [6, 6.07) is 3.49. The van der Waals surface area contributed by atoms with Gasteiger partial charge in [-0.05, 0) is 58.4 Å². The van der Waals surface area contributed by atoms with Crippen molar-refractivity contribution in [2.24, 2.45) is 0 Å². The van der Waals surface area contributed by atoms with Crippen LogP contribution < -0.4 is 9.64 Å². The quantitative estimate of drug-likeness (QED) is 0.586. The molecule has 2 aliphatic rings. The van der Waals surface area contributed by atoms with Gasteiger partial charge in [-0.3, -0.25) is 0 Å². The number of anilines is 1. The van der Waals surface area contributed by atoms with Gasteiger partial charge in [0.25, 0.3) is 0 Å². The number of ether oxygens (including phenoxy) is 2. The second kappa shape index (κ2) is 9.54. The lowest BCUT2D eigenvalue weighted by Gasteiger charge is -2.35. The minimum Gasteiger partial charge on any atom is -0.474 e. The van der Waals surface area contributed by atoms with E-state index in [2.05, 4.69) is 15.1 Å². The van der Waals surface area contributed by atoms with Crippen LogP contribution in [0.15, 0.2) is 27.7 Å². The van der Waals surface area contributed by atoms with Crippen molar-refractivity contribution >= 4 is 15.9 Å². The van der Waals surface area contributed by atoms with Gasteiger partial charge in [0.1, 0.15) is 6.10 Å². The Kier molecular flexibility index (Phi) is 6.90. The number of hydrogen-bond donors (Lipinski definition) is 0. The maximum Gasteiger partial charge on any atom is 0.324 e. The largest absolute Gasteiger partial charge is 0.474 e. The van der Waals surface area contributed by atoms with Gasteiger partial charge in [-0.1, -0.05) is 5.16 Å². The van der Waals surface area contributed by atoms with E-state index in [4.69, 9.17) is 14.0 Å². The third-order valence-electron chi connectivity index (χ3n) is 6.09. The predicted octanol–water partition coefficient (Wildman–Crippen LogP) is 3.45. The lowest BCUT2D eigenvalue weighted by Crippen LogP contribution is -2.40. The molecule has 11 heteroatoms. The van der Waals surface area contributed by atoms with Crippen molar-refractivity contribution in [3.63, 3.8) is 0 Å². The molecule has 9 nitrogen and oxygen atoms in total. The molecule has 0 unspecified atom stereocenters. The molecule has 0 atom stereocenters. The summed E-state index contributed by atoms with van der Waals surface area (Å²) in [6.07, 6.45) is 8.16. The Labute approximate surface area is 193 Å². The third kappa shape index (κ3) is 6.20. The molecule has 33 heavy (non-hydrogen) atoms. The molecule has 1 aliphatic heterocycles. The standard InChI is InChI=1S/C22H31FN4O5S/c1-22(2,23)20-25-21(32-26-20)27-12-10-17(11-13-27)30-15-4-6-16(7-5-15)31-19-9-8-18(14-24-19)33(3,28)29/h8-9,14-17H,4-7,10-13H2,1-3H3. The molecule has 1 aliphatic carbocycles. The zero-order chi connectivity index (χ0) is 23.6. The normalized spacial score (nSPS) is 23.0. The SMILES string of the molecule is CC(C)(F)c1noc(N2CCC(OC3CCC(Oc4ccc(S(C)(=O)=O)cn4)CC3)CC2)n1. The molecule has 0 radical (unpaired) electrons. The van der Waals surface area contributed by atoms with Crippen LogP contribution in [0.3, 0.4) is 0 Å². The van der Waals surface area contributed by atoms with Crippen LogP contribution >= 0.6 is 0 Å². The van der Waals surface area contributed by atoms with Crippen LogP contribution in [0.5, 0.6) is 5.88 Å². The predicted molar refractivity (Wildman–Crippen MR) is 119 cm³/mol. The highest BCUT2D eigenvalue weighted by molar-refractivity contribution is 7.90. The first-order valence-electron chi connectivity index (χ1n) is 11.3. The van der Waals surface area contributed by atoms with Gasteiger partial charge in [-0.15, -0.1) is 0 Å². The molecule has 0 aromatic carbocycles. The van der Waals surface area contributed by atoms with Gasteiger partial charge in [-0.2, -0.15) is 4.98 Å². The summed E-state index contributed by atoms with van der Waals surface area (Å²) in [5.41, 5.74) is -1.62. The summed E-state index contributed by atoms with van der Waals surface area (Å²) in [5, 5.41) is 3.75. The minimum absolute atomic E-state index is 0.0507. The Morgan fingerprint density at radius 1 is 1.06 bits per heavy atom. The lowest BCUT2D eigenvalue weighted by molar-refractivity contribution is -0.0533. The van der Waals surface area contributed by atoms with Crippen LogP contribution in [-0.4, -0.2) is 61.2 Å². The van der Waals surface area contributed by atoms with Gasteiger partial charge in [0.05, 0.1) is 17.1 Å². The van der Waals surface area contributed by atoms with Gasteiger partial charge < -0.3 is 18.9 Å². The topological polar surface area (TPSA) is 108 Å². The fraction of sp³-hybridized carbons (Fsp3) is 0.682. The second-order valence-corrected chi connectivity index (χ2v) is 11.3. The highest BCUT2D eigenvalue weighted by atomic mass is 32.2. The molecule has 4 rings (SSSR count).